The second kappa shape index (κ2) is 7.65. The Morgan fingerprint density at radius 2 is 1.62 bits per heavy atom. The van der Waals surface area contributed by atoms with E-state index in [0.717, 1.165) is 35.1 Å². The summed E-state index contributed by atoms with van der Waals surface area (Å²) in [5, 5.41) is 12.1. The predicted molar refractivity (Wildman–Crippen MR) is 117 cm³/mol. The van der Waals surface area contributed by atoms with Gasteiger partial charge in [0.1, 0.15) is 18.2 Å². The van der Waals surface area contributed by atoms with Crippen LogP contribution in [0.1, 0.15) is 43.2 Å². The van der Waals surface area contributed by atoms with E-state index >= 15 is 0 Å². The summed E-state index contributed by atoms with van der Waals surface area (Å²) in [5.74, 6) is -1.43. The number of hydrogen-bond acceptors (Lipinski definition) is 4. The third-order valence-corrected chi connectivity index (χ3v) is 7.11. The number of carbonyl (C=O) groups is 3. The number of fused-ring (bicyclic) bond motifs is 3. The number of likely N-dealkylation sites (tertiary alicyclic amines) is 1. The summed E-state index contributed by atoms with van der Waals surface area (Å²) in [6.45, 7) is 2.24. The Kier molecular flexibility index (Phi) is 4.92. The van der Waals surface area contributed by atoms with Crippen LogP contribution in [0.25, 0.3) is 11.1 Å². The number of nitrogens with zero attached hydrogens (tertiary/aromatic N) is 1. The Labute approximate surface area is 186 Å². The molecular formula is C25H26N2O5. The van der Waals surface area contributed by atoms with Gasteiger partial charge in [0.15, 0.2) is 0 Å². The molecule has 7 heteroatoms. The summed E-state index contributed by atoms with van der Waals surface area (Å²) in [7, 11) is 0. The molecule has 2 N–H and O–H groups in total. The van der Waals surface area contributed by atoms with Crippen LogP contribution >= 0.6 is 0 Å². The molecule has 2 amide bonds. The predicted octanol–water partition coefficient (Wildman–Crippen LogP) is 3.38. The van der Waals surface area contributed by atoms with Crippen LogP contribution in [-0.2, 0) is 14.3 Å². The van der Waals surface area contributed by atoms with E-state index in [1.807, 2.05) is 24.3 Å². The van der Waals surface area contributed by atoms with Gasteiger partial charge in [-0.1, -0.05) is 48.5 Å². The molecule has 2 aromatic carbocycles. The van der Waals surface area contributed by atoms with Crippen LogP contribution < -0.4 is 5.32 Å². The number of ether oxygens (including phenoxy) is 1. The Balaban J connectivity index is 1.29. The highest BCUT2D eigenvalue weighted by Gasteiger charge is 2.53. The van der Waals surface area contributed by atoms with Gasteiger partial charge in [-0.15, -0.1) is 0 Å². The molecule has 2 fully saturated rings. The summed E-state index contributed by atoms with van der Waals surface area (Å²) in [5.41, 5.74) is 3.37. The van der Waals surface area contributed by atoms with Gasteiger partial charge < -0.3 is 20.1 Å². The fourth-order valence-electron chi connectivity index (χ4n) is 5.02. The minimum Gasteiger partial charge on any atom is -0.480 e. The average molecular weight is 434 g/mol. The molecular weight excluding hydrogens is 408 g/mol. The van der Waals surface area contributed by atoms with Crippen molar-refractivity contribution in [1.82, 2.24) is 10.2 Å². The highest BCUT2D eigenvalue weighted by atomic mass is 16.5. The van der Waals surface area contributed by atoms with Crippen LogP contribution in [0.2, 0.25) is 0 Å². The van der Waals surface area contributed by atoms with Gasteiger partial charge in [0.25, 0.3) is 0 Å². The topological polar surface area (TPSA) is 95.9 Å². The maximum Gasteiger partial charge on any atom is 0.408 e. The minimum atomic E-state index is -1.16. The van der Waals surface area contributed by atoms with Gasteiger partial charge in [-0.25, -0.2) is 9.59 Å². The third-order valence-electron chi connectivity index (χ3n) is 7.11. The molecule has 2 atom stereocenters. The molecule has 2 aromatic rings. The van der Waals surface area contributed by atoms with E-state index in [1.54, 1.807) is 6.92 Å². The lowest BCUT2D eigenvalue weighted by molar-refractivity contribution is -0.160. The molecule has 0 bridgehead atoms. The van der Waals surface area contributed by atoms with Gasteiger partial charge in [0.05, 0.1) is 0 Å². The van der Waals surface area contributed by atoms with Crippen LogP contribution in [-0.4, -0.2) is 52.7 Å². The fraction of sp³-hybridized carbons (Fsp3) is 0.400. The lowest BCUT2D eigenvalue weighted by atomic mass is 9.90. The first kappa shape index (κ1) is 20.5. The number of amides is 2. The molecule has 7 nitrogen and oxygen atoms in total. The van der Waals surface area contributed by atoms with Crippen molar-refractivity contribution < 1.29 is 24.2 Å². The SMILES string of the molecule is CC(NC(=O)OCC1c2ccccc2-c2ccccc21)(C(=O)N1CCC1C(=O)O)C1CC1. The van der Waals surface area contributed by atoms with E-state index in [2.05, 4.69) is 29.6 Å². The Bertz CT molecular complexity index is 1050. The number of alkyl carbamates (subject to hydrolysis) is 1. The van der Waals surface area contributed by atoms with Crippen molar-refractivity contribution in [3.8, 4) is 11.1 Å². The van der Waals surface area contributed by atoms with Crippen molar-refractivity contribution in [3.05, 3.63) is 59.7 Å². The van der Waals surface area contributed by atoms with Gasteiger partial charge in [-0.05, 0) is 54.4 Å². The number of benzene rings is 2. The minimum absolute atomic E-state index is 0.00877. The molecule has 0 aromatic heterocycles. The zero-order chi connectivity index (χ0) is 22.5. The number of carbonyl (C=O) groups excluding carboxylic acids is 2. The van der Waals surface area contributed by atoms with Crippen molar-refractivity contribution >= 4 is 18.0 Å². The van der Waals surface area contributed by atoms with Crippen LogP contribution in [0.3, 0.4) is 0 Å². The molecule has 166 valence electrons. The maximum absolute atomic E-state index is 13.2. The van der Waals surface area contributed by atoms with Gasteiger partial charge >= 0.3 is 12.1 Å². The van der Waals surface area contributed by atoms with Crippen molar-refractivity contribution in [2.75, 3.05) is 13.2 Å². The molecule has 2 unspecified atom stereocenters. The van der Waals surface area contributed by atoms with Crippen molar-refractivity contribution in [3.63, 3.8) is 0 Å². The molecule has 1 heterocycles. The Morgan fingerprint density at radius 3 is 2.12 bits per heavy atom. The number of nitrogens with one attached hydrogen (secondary N) is 1. The quantitative estimate of drug-likeness (QED) is 0.727. The summed E-state index contributed by atoms with van der Waals surface area (Å²) < 4.78 is 5.63. The van der Waals surface area contributed by atoms with Crippen LogP contribution in [0, 0.1) is 5.92 Å². The highest BCUT2D eigenvalue weighted by Crippen LogP contribution is 2.45. The molecule has 0 radical (unpaired) electrons. The first-order valence-electron chi connectivity index (χ1n) is 11.1. The fourth-order valence-corrected chi connectivity index (χ4v) is 5.02. The summed E-state index contributed by atoms with van der Waals surface area (Å²) in [6, 6.07) is 15.4. The molecule has 2 aliphatic carbocycles. The number of carboxylic acid groups (broad SMARTS) is 1. The largest absolute Gasteiger partial charge is 0.480 e. The smallest absolute Gasteiger partial charge is 0.408 e. The molecule has 3 aliphatic rings. The Hall–Kier alpha value is -3.35. The van der Waals surface area contributed by atoms with Crippen molar-refractivity contribution in [1.29, 1.82) is 0 Å². The van der Waals surface area contributed by atoms with Gasteiger partial charge in [-0.3, -0.25) is 4.79 Å². The lowest BCUT2D eigenvalue weighted by Crippen LogP contribution is -2.66. The number of aliphatic carboxylic acids is 1. The zero-order valence-electron chi connectivity index (χ0n) is 17.9. The normalized spacial score (nSPS) is 21.0. The number of carboxylic acids is 1. The maximum atomic E-state index is 13.2. The monoisotopic (exact) mass is 434 g/mol. The second-order valence-electron chi connectivity index (χ2n) is 9.07. The number of rotatable bonds is 6. The van der Waals surface area contributed by atoms with E-state index < -0.39 is 23.6 Å². The van der Waals surface area contributed by atoms with E-state index in [-0.39, 0.29) is 24.3 Å². The molecule has 1 aliphatic heterocycles. The Morgan fingerprint density at radius 1 is 1.03 bits per heavy atom. The molecule has 1 saturated heterocycles. The average Bonchev–Trinajstić information content (AvgIpc) is 3.55. The van der Waals surface area contributed by atoms with E-state index in [1.165, 1.54) is 4.90 Å². The van der Waals surface area contributed by atoms with E-state index in [0.29, 0.717) is 13.0 Å². The first-order valence-corrected chi connectivity index (χ1v) is 11.1. The standard InChI is InChI=1S/C25H26N2O5/c1-25(15-10-11-15,23(30)27-13-12-21(27)22(28)29)26-24(31)32-14-20-18-8-4-2-6-16(18)17-7-3-5-9-19(17)20/h2-9,15,20-21H,10-14H2,1H3,(H,26,31)(H,28,29). The van der Waals surface area contributed by atoms with Gasteiger partial charge in [0, 0.05) is 12.5 Å². The van der Waals surface area contributed by atoms with Crippen LogP contribution in [0.15, 0.2) is 48.5 Å². The molecule has 1 saturated carbocycles. The van der Waals surface area contributed by atoms with Crippen molar-refractivity contribution in [2.24, 2.45) is 5.92 Å². The molecule has 0 spiro atoms. The van der Waals surface area contributed by atoms with Crippen LogP contribution in [0.4, 0.5) is 4.79 Å². The molecule has 5 rings (SSSR count). The van der Waals surface area contributed by atoms with Crippen molar-refractivity contribution in [2.45, 2.75) is 43.7 Å². The van der Waals surface area contributed by atoms with E-state index in [4.69, 9.17) is 4.74 Å². The van der Waals surface area contributed by atoms with Gasteiger partial charge in [0.2, 0.25) is 5.91 Å². The molecule has 32 heavy (non-hydrogen) atoms. The summed E-state index contributed by atoms with van der Waals surface area (Å²) >= 11 is 0. The zero-order valence-corrected chi connectivity index (χ0v) is 17.9. The van der Waals surface area contributed by atoms with E-state index in [9.17, 15) is 19.5 Å². The second-order valence-corrected chi connectivity index (χ2v) is 9.07. The first-order chi connectivity index (χ1) is 15.4. The number of hydrogen-bond donors (Lipinski definition) is 2. The summed E-state index contributed by atoms with van der Waals surface area (Å²) in [6.07, 6.45) is 1.42. The lowest BCUT2D eigenvalue weighted by Gasteiger charge is -2.43. The van der Waals surface area contributed by atoms with Crippen LogP contribution in [0.5, 0.6) is 0 Å². The summed E-state index contributed by atoms with van der Waals surface area (Å²) in [4.78, 5) is 38.7. The highest BCUT2D eigenvalue weighted by molar-refractivity contribution is 5.94. The third kappa shape index (κ3) is 3.32. The van der Waals surface area contributed by atoms with Gasteiger partial charge in [-0.2, -0.15) is 0 Å².